The average Bonchev–Trinajstić information content (AvgIpc) is 3.10. The predicted octanol–water partition coefficient (Wildman–Crippen LogP) is 6.40. The van der Waals surface area contributed by atoms with Gasteiger partial charge < -0.3 is 24.1 Å². The molecule has 0 aliphatic carbocycles. The lowest BCUT2D eigenvalue weighted by Gasteiger charge is -2.32. The van der Waals surface area contributed by atoms with E-state index in [1.165, 1.54) is 0 Å². The Labute approximate surface area is 193 Å². The van der Waals surface area contributed by atoms with Crippen LogP contribution in [0.2, 0.25) is 0 Å². The van der Waals surface area contributed by atoms with Gasteiger partial charge in [0.2, 0.25) is 0 Å². The van der Waals surface area contributed by atoms with Crippen molar-refractivity contribution in [1.82, 2.24) is 0 Å². The molecule has 0 spiro atoms. The summed E-state index contributed by atoms with van der Waals surface area (Å²) in [6.45, 7) is 14.5. The van der Waals surface area contributed by atoms with Crippen molar-refractivity contribution in [3.8, 4) is 28.7 Å². The summed E-state index contributed by atoms with van der Waals surface area (Å²) >= 11 is 0. The normalized spacial score (nSPS) is 24.0. The van der Waals surface area contributed by atoms with Crippen LogP contribution in [0, 0.1) is 0 Å². The van der Waals surface area contributed by atoms with Gasteiger partial charge in [0.1, 0.15) is 34.6 Å². The molecule has 0 unspecified atom stereocenters. The van der Waals surface area contributed by atoms with Gasteiger partial charge in [-0.05, 0) is 64.5 Å². The van der Waals surface area contributed by atoms with E-state index in [2.05, 4.69) is 24.8 Å². The molecular weight excluding hydrogens is 416 g/mol. The summed E-state index contributed by atoms with van der Waals surface area (Å²) in [6.07, 6.45) is 7.90. The molecule has 4 aliphatic rings. The van der Waals surface area contributed by atoms with Crippen LogP contribution in [0.1, 0.15) is 74.5 Å². The summed E-state index contributed by atoms with van der Waals surface area (Å²) < 4.78 is 25.2. The number of rotatable bonds is 1. The minimum Gasteiger partial charge on any atom is -0.504 e. The Hall–Kier alpha value is -3.34. The summed E-state index contributed by atoms with van der Waals surface area (Å²) in [4.78, 5) is 0. The van der Waals surface area contributed by atoms with E-state index in [0.29, 0.717) is 17.9 Å². The monoisotopic (exact) mass is 444 g/mol. The van der Waals surface area contributed by atoms with Crippen LogP contribution in [0.25, 0.3) is 17.7 Å². The molecule has 0 radical (unpaired) electrons. The van der Waals surface area contributed by atoms with Gasteiger partial charge in [-0.25, -0.2) is 0 Å². The van der Waals surface area contributed by atoms with E-state index in [1.807, 2.05) is 52.8 Å². The van der Waals surface area contributed by atoms with Crippen molar-refractivity contribution in [3.05, 3.63) is 58.7 Å². The van der Waals surface area contributed by atoms with Gasteiger partial charge in [0.15, 0.2) is 11.5 Å². The average molecular weight is 445 g/mol. The first kappa shape index (κ1) is 20.3. The predicted molar refractivity (Wildman–Crippen MR) is 128 cm³/mol. The number of aromatic hydroxyl groups is 1. The van der Waals surface area contributed by atoms with Crippen molar-refractivity contribution in [2.45, 2.75) is 57.8 Å². The fourth-order valence-electron chi connectivity index (χ4n) is 5.24. The van der Waals surface area contributed by atoms with Crippen molar-refractivity contribution in [1.29, 1.82) is 0 Å². The Morgan fingerprint density at radius 2 is 1.73 bits per heavy atom. The van der Waals surface area contributed by atoms with Crippen LogP contribution >= 0.6 is 0 Å². The highest BCUT2D eigenvalue weighted by molar-refractivity contribution is 5.84. The third-order valence-electron chi connectivity index (χ3n) is 6.78. The molecule has 6 rings (SSSR count). The zero-order valence-electron chi connectivity index (χ0n) is 19.6. The maximum absolute atomic E-state index is 11.3. The third-order valence-corrected chi connectivity index (χ3v) is 6.78. The van der Waals surface area contributed by atoms with Gasteiger partial charge in [-0.1, -0.05) is 12.7 Å². The molecule has 2 atom stereocenters. The molecule has 2 aromatic rings. The minimum absolute atomic E-state index is 0.0679. The zero-order chi connectivity index (χ0) is 23.3. The van der Waals surface area contributed by atoms with E-state index in [1.54, 1.807) is 0 Å². The number of benzene rings is 2. The molecule has 170 valence electrons. The molecule has 4 aliphatic heterocycles. The number of hydrogen-bond acceptors (Lipinski definition) is 5. The second-order valence-electron chi connectivity index (χ2n) is 10.5. The van der Waals surface area contributed by atoms with Crippen molar-refractivity contribution < 1.29 is 24.1 Å². The highest BCUT2D eigenvalue weighted by Gasteiger charge is 2.46. The fourth-order valence-corrected chi connectivity index (χ4v) is 5.24. The lowest BCUT2D eigenvalue weighted by Crippen LogP contribution is -2.28. The number of phenolic OH excluding ortho intramolecular Hbond substituents is 1. The fraction of sp³-hybridized carbons (Fsp3) is 0.357. The molecule has 33 heavy (non-hydrogen) atoms. The van der Waals surface area contributed by atoms with Gasteiger partial charge in [0.25, 0.3) is 0 Å². The van der Waals surface area contributed by atoms with E-state index in [4.69, 9.17) is 18.9 Å². The van der Waals surface area contributed by atoms with Crippen LogP contribution in [0.4, 0.5) is 0 Å². The minimum atomic E-state index is -0.523. The van der Waals surface area contributed by atoms with Gasteiger partial charge in [-0.2, -0.15) is 0 Å². The molecule has 5 heteroatoms. The first-order chi connectivity index (χ1) is 15.5. The maximum Gasteiger partial charge on any atom is 0.173 e. The first-order valence-electron chi connectivity index (χ1n) is 11.4. The van der Waals surface area contributed by atoms with Crippen molar-refractivity contribution >= 4 is 17.7 Å². The highest BCUT2D eigenvalue weighted by Crippen LogP contribution is 2.60. The van der Waals surface area contributed by atoms with Crippen LogP contribution in [0.3, 0.4) is 0 Å². The summed E-state index contributed by atoms with van der Waals surface area (Å²) in [5.41, 5.74) is 4.28. The number of phenols is 1. The largest absolute Gasteiger partial charge is 0.504 e. The molecule has 0 aromatic heterocycles. The topological polar surface area (TPSA) is 57.2 Å². The maximum atomic E-state index is 11.3. The van der Waals surface area contributed by atoms with Crippen molar-refractivity contribution in [2.24, 2.45) is 0 Å². The molecule has 1 N–H and O–H groups in total. The Morgan fingerprint density at radius 1 is 1.00 bits per heavy atom. The molecule has 0 fully saturated rings. The second-order valence-corrected chi connectivity index (χ2v) is 10.5. The first-order valence-corrected chi connectivity index (χ1v) is 11.4. The van der Waals surface area contributed by atoms with E-state index < -0.39 is 5.60 Å². The molecule has 0 saturated heterocycles. The highest BCUT2D eigenvalue weighted by atomic mass is 16.5. The molecule has 0 bridgehead atoms. The lowest BCUT2D eigenvalue weighted by atomic mass is 9.83. The summed E-state index contributed by atoms with van der Waals surface area (Å²) in [5.74, 6) is 2.82. The molecule has 2 aromatic carbocycles. The van der Waals surface area contributed by atoms with Gasteiger partial charge in [-0.15, -0.1) is 0 Å². The van der Waals surface area contributed by atoms with E-state index >= 15 is 0 Å². The van der Waals surface area contributed by atoms with Crippen LogP contribution < -0.4 is 18.9 Å². The molecule has 4 heterocycles. The Bertz CT molecular complexity index is 1290. The molecule has 5 nitrogen and oxygen atoms in total. The van der Waals surface area contributed by atoms with E-state index in [0.717, 1.165) is 45.1 Å². The van der Waals surface area contributed by atoms with Gasteiger partial charge >= 0.3 is 0 Å². The Morgan fingerprint density at radius 3 is 2.48 bits per heavy atom. The molecular formula is C28H28O5. The quantitative estimate of drug-likeness (QED) is 0.551. The van der Waals surface area contributed by atoms with Crippen molar-refractivity contribution in [3.63, 3.8) is 0 Å². The molecule has 0 saturated carbocycles. The summed E-state index contributed by atoms with van der Waals surface area (Å²) in [6, 6.07) is 4.07. The lowest BCUT2D eigenvalue weighted by molar-refractivity contribution is 0.133. The molecule has 0 amide bonds. The second kappa shape index (κ2) is 6.37. The number of fused-ring (bicyclic) bond motifs is 8. The number of ether oxygens (including phenoxy) is 4. The smallest absolute Gasteiger partial charge is 0.173 e. The third kappa shape index (κ3) is 2.91. The van der Waals surface area contributed by atoms with Gasteiger partial charge in [0.05, 0.1) is 18.1 Å². The number of allylic oxidation sites excluding steroid dienone is 1. The standard InChI is InChI=1S/C28H28O5/c1-14(2)21-22-18-13-30-20-12-19-15(7-9-27(3,4)32-19)11-17(20)24(18)31-25(22)16-8-10-28(5,6)33-26(16)23(21)29/h7-12,18,24,29H,1,13H2,2-6H3/t18-,24-/m0/s1. The summed E-state index contributed by atoms with van der Waals surface area (Å²) in [7, 11) is 0. The van der Waals surface area contributed by atoms with Crippen LogP contribution in [-0.2, 0) is 0 Å². The Kier molecular flexibility index (Phi) is 3.92. The van der Waals surface area contributed by atoms with Gasteiger partial charge in [0, 0.05) is 28.3 Å². The summed E-state index contributed by atoms with van der Waals surface area (Å²) in [5, 5.41) is 11.3. The SMILES string of the molecule is C=C(C)c1c(O)c2c(c3c1[C@@H]1COc4cc5c(cc4[C@@H]1O3)C=CC(C)(C)O5)C=CC(C)(C)O2. The van der Waals surface area contributed by atoms with Crippen molar-refractivity contribution in [2.75, 3.05) is 6.61 Å². The van der Waals surface area contributed by atoms with Crippen LogP contribution in [-0.4, -0.2) is 22.9 Å². The van der Waals surface area contributed by atoms with Crippen LogP contribution in [0.15, 0.2) is 30.9 Å². The van der Waals surface area contributed by atoms with Crippen LogP contribution in [0.5, 0.6) is 28.7 Å². The Balaban J connectivity index is 1.52. The van der Waals surface area contributed by atoms with E-state index in [9.17, 15) is 5.11 Å². The van der Waals surface area contributed by atoms with Gasteiger partial charge in [-0.3, -0.25) is 0 Å². The number of hydrogen-bond donors (Lipinski definition) is 1. The van der Waals surface area contributed by atoms with E-state index in [-0.39, 0.29) is 23.4 Å². The zero-order valence-corrected chi connectivity index (χ0v) is 19.6.